The molecular weight excluding hydrogens is 290 g/mol. The molecule has 5 nitrogen and oxygen atoms in total. The molecule has 0 aromatic carbocycles. The maximum atomic E-state index is 11.6. The zero-order valence-corrected chi connectivity index (χ0v) is 13.4. The first-order valence-electron chi connectivity index (χ1n) is 7.90. The molecule has 1 aliphatic heterocycles. The third kappa shape index (κ3) is 3.24. The van der Waals surface area contributed by atoms with Gasteiger partial charge in [0.1, 0.15) is 6.04 Å². The SMILES string of the molecule is Cc1ccc(C(c2ccc(C)cn2)N2CCCC2C(=O)O)nc1. The lowest BCUT2D eigenvalue weighted by atomic mass is 10.0. The van der Waals surface area contributed by atoms with Crippen molar-refractivity contribution in [2.45, 2.75) is 38.8 Å². The highest BCUT2D eigenvalue weighted by atomic mass is 16.4. The number of nitrogens with zero attached hydrogens (tertiary/aromatic N) is 3. The number of aromatic nitrogens is 2. The minimum absolute atomic E-state index is 0.222. The smallest absolute Gasteiger partial charge is 0.320 e. The Morgan fingerprint density at radius 1 is 1.13 bits per heavy atom. The average molecular weight is 311 g/mol. The van der Waals surface area contributed by atoms with Gasteiger partial charge in [-0.1, -0.05) is 12.1 Å². The Morgan fingerprint density at radius 2 is 1.70 bits per heavy atom. The summed E-state index contributed by atoms with van der Waals surface area (Å²) < 4.78 is 0. The lowest BCUT2D eigenvalue weighted by molar-refractivity contribution is -0.142. The molecule has 1 saturated heterocycles. The van der Waals surface area contributed by atoms with Gasteiger partial charge in [-0.25, -0.2) is 0 Å². The molecular formula is C18H21N3O2. The molecule has 1 aliphatic rings. The topological polar surface area (TPSA) is 66.3 Å². The van der Waals surface area contributed by atoms with Gasteiger partial charge in [-0.2, -0.15) is 0 Å². The monoisotopic (exact) mass is 311 g/mol. The molecule has 1 atom stereocenters. The number of likely N-dealkylation sites (tertiary alicyclic amines) is 1. The van der Waals surface area contributed by atoms with Crippen molar-refractivity contribution >= 4 is 5.97 Å². The third-order valence-electron chi connectivity index (χ3n) is 4.34. The second-order valence-electron chi connectivity index (χ2n) is 6.16. The van der Waals surface area contributed by atoms with E-state index in [1.54, 1.807) is 0 Å². The summed E-state index contributed by atoms with van der Waals surface area (Å²) in [6.07, 6.45) is 5.19. The van der Waals surface area contributed by atoms with Crippen LogP contribution >= 0.6 is 0 Å². The molecule has 0 bridgehead atoms. The number of hydrogen-bond donors (Lipinski definition) is 1. The molecule has 3 heterocycles. The first kappa shape index (κ1) is 15.6. The number of carboxylic acids is 1. The highest BCUT2D eigenvalue weighted by Gasteiger charge is 2.37. The van der Waals surface area contributed by atoms with Gasteiger partial charge in [0.05, 0.1) is 17.4 Å². The Labute approximate surface area is 136 Å². The number of carboxylic acid groups (broad SMARTS) is 1. The van der Waals surface area contributed by atoms with Crippen LogP contribution in [0.4, 0.5) is 0 Å². The van der Waals surface area contributed by atoms with E-state index in [2.05, 4.69) is 9.97 Å². The minimum Gasteiger partial charge on any atom is -0.480 e. The van der Waals surface area contributed by atoms with Crippen LogP contribution in [0.5, 0.6) is 0 Å². The molecule has 0 amide bonds. The van der Waals surface area contributed by atoms with Crippen LogP contribution in [-0.2, 0) is 4.79 Å². The lowest BCUT2D eigenvalue weighted by Gasteiger charge is -2.30. The number of hydrogen-bond acceptors (Lipinski definition) is 4. The van der Waals surface area contributed by atoms with Gasteiger partial charge in [-0.3, -0.25) is 19.7 Å². The van der Waals surface area contributed by atoms with Gasteiger partial charge in [-0.05, 0) is 49.9 Å². The molecule has 5 heteroatoms. The Morgan fingerprint density at radius 3 is 2.13 bits per heavy atom. The zero-order valence-electron chi connectivity index (χ0n) is 13.4. The van der Waals surface area contributed by atoms with E-state index in [0.717, 1.165) is 35.5 Å². The molecule has 0 aliphatic carbocycles. The van der Waals surface area contributed by atoms with E-state index in [1.807, 2.05) is 55.4 Å². The number of rotatable bonds is 4. The van der Waals surface area contributed by atoms with Crippen molar-refractivity contribution in [1.29, 1.82) is 0 Å². The molecule has 0 saturated carbocycles. The van der Waals surface area contributed by atoms with E-state index in [-0.39, 0.29) is 6.04 Å². The van der Waals surface area contributed by atoms with Gasteiger partial charge in [0.15, 0.2) is 0 Å². The Balaban J connectivity index is 2.04. The van der Waals surface area contributed by atoms with Crippen molar-refractivity contribution in [2.75, 3.05) is 6.54 Å². The molecule has 1 fully saturated rings. The number of aliphatic carboxylic acids is 1. The van der Waals surface area contributed by atoms with Gasteiger partial charge < -0.3 is 5.11 Å². The van der Waals surface area contributed by atoms with Crippen molar-refractivity contribution in [2.24, 2.45) is 0 Å². The van der Waals surface area contributed by atoms with Crippen LogP contribution < -0.4 is 0 Å². The van der Waals surface area contributed by atoms with Gasteiger partial charge in [-0.15, -0.1) is 0 Å². The number of pyridine rings is 2. The Hall–Kier alpha value is -2.27. The Kier molecular flexibility index (Phi) is 4.39. The van der Waals surface area contributed by atoms with Crippen LogP contribution in [0, 0.1) is 13.8 Å². The summed E-state index contributed by atoms with van der Waals surface area (Å²) >= 11 is 0. The molecule has 0 spiro atoms. The summed E-state index contributed by atoms with van der Waals surface area (Å²) in [4.78, 5) is 22.7. The van der Waals surface area contributed by atoms with Crippen molar-refractivity contribution in [1.82, 2.24) is 14.9 Å². The minimum atomic E-state index is -0.772. The zero-order chi connectivity index (χ0) is 16.4. The van der Waals surface area contributed by atoms with Crippen molar-refractivity contribution in [3.8, 4) is 0 Å². The van der Waals surface area contributed by atoms with E-state index in [9.17, 15) is 9.90 Å². The van der Waals surface area contributed by atoms with E-state index in [1.165, 1.54) is 0 Å². The lowest BCUT2D eigenvalue weighted by Crippen LogP contribution is -2.39. The van der Waals surface area contributed by atoms with Crippen LogP contribution in [0.15, 0.2) is 36.7 Å². The van der Waals surface area contributed by atoms with Gasteiger partial charge in [0, 0.05) is 18.9 Å². The van der Waals surface area contributed by atoms with Crippen LogP contribution in [-0.4, -0.2) is 38.5 Å². The van der Waals surface area contributed by atoms with E-state index in [0.29, 0.717) is 6.42 Å². The van der Waals surface area contributed by atoms with Crippen LogP contribution in [0.2, 0.25) is 0 Å². The molecule has 2 aromatic heterocycles. The molecule has 120 valence electrons. The summed E-state index contributed by atoms with van der Waals surface area (Å²) in [6.45, 7) is 4.73. The molecule has 1 unspecified atom stereocenters. The predicted molar refractivity (Wildman–Crippen MR) is 87.2 cm³/mol. The first-order valence-corrected chi connectivity index (χ1v) is 7.90. The van der Waals surface area contributed by atoms with Gasteiger partial charge in [0.25, 0.3) is 0 Å². The number of carbonyl (C=O) groups is 1. The van der Waals surface area contributed by atoms with Gasteiger partial charge in [0.2, 0.25) is 0 Å². The summed E-state index contributed by atoms with van der Waals surface area (Å²) in [5.74, 6) is -0.772. The maximum Gasteiger partial charge on any atom is 0.320 e. The maximum absolute atomic E-state index is 11.6. The second kappa shape index (κ2) is 6.46. The summed E-state index contributed by atoms with van der Waals surface area (Å²) in [5, 5.41) is 9.53. The Bertz CT molecular complexity index is 637. The van der Waals surface area contributed by atoms with Crippen LogP contribution in [0.1, 0.15) is 41.4 Å². The highest BCUT2D eigenvalue weighted by Crippen LogP contribution is 2.33. The highest BCUT2D eigenvalue weighted by molar-refractivity contribution is 5.74. The normalized spacial score (nSPS) is 18.5. The van der Waals surface area contributed by atoms with E-state index in [4.69, 9.17) is 0 Å². The van der Waals surface area contributed by atoms with Crippen molar-refractivity contribution < 1.29 is 9.90 Å². The second-order valence-corrected chi connectivity index (χ2v) is 6.16. The molecule has 23 heavy (non-hydrogen) atoms. The fraction of sp³-hybridized carbons (Fsp3) is 0.389. The van der Waals surface area contributed by atoms with Crippen molar-refractivity contribution in [3.05, 3.63) is 59.2 Å². The standard InChI is InChI=1S/C18H21N3O2/c1-12-5-7-14(19-10-12)17(15-8-6-13(2)11-20-15)21-9-3-4-16(21)18(22)23/h5-8,10-11,16-17H,3-4,9H2,1-2H3,(H,22,23). The molecule has 0 radical (unpaired) electrons. The largest absolute Gasteiger partial charge is 0.480 e. The van der Waals surface area contributed by atoms with Crippen LogP contribution in [0.3, 0.4) is 0 Å². The van der Waals surface area contributed by atoms with E-state index >= 15 is 0 Å². The van der Waals surface area contributed by atoms with Crippen molar-refractivity contribution in [3.63, 3.8) is 0 Å². The predicted octanol–water partition coefficient (Wildman–Crippen LogP) is 2.73. The molecule has 3 rings (SSSR count). The fourth-order valence-electron chi connectivity index (χ4n) is 3.14. The summed E-state index contributed by atoms with van der Waals surface area (Å²) in [5.41, 5.74) is 3.86. The summed E-state index contributed by atoms with van der Waals surface area (Å²) in [6, 6.07) is 7.26. The average Bonchev–Trinajstić information content (AvgIpc) is 3.01. The molecule has 2 aromatic rings. The third-order valence-corrected chi connectivity index (χ3v) is 4.34. The van der Waals surface area contributed by atoms with E-state index < -0.39 is 12.0 Å². The first-order chi connectivity index (χ1) is 11.1. The van der Waals surface area contributed by atoms with Gasteiger partial charge >= 0.3 is 5.97 Å². The summed E-state index contributed by atoms with van der Waals surface area (Å²) in [7, 11) is 0. The quantitative estimate of drug-likeness (QED) is 0.940. The number of aryl methyl sites for hydroxylation is 2. The van der Waals surface area contributed by atoms with Crippen LogP contribution in [0.25, 0.3) is 0 Å². The fourth-order valence-corrected chi connectivity index (χ4v) is 3.14. The molecule has 1 N–H and O–H groups in total.